The van der Waals surface area contributed by atoms with Crippen LogP contribution >= 0.6 is 11.8 Å². The number of pyridine rings is 1. The standard InChI is InChI=1S/C19H10F3N3OS/c20-12-4-6-14(17(22)16(12)21)24-19-25-18(26)15(27-19)9-10-3-5-13-11(8-10)2-1-7-23-13/h1-9H,(H,24,25,26)/b15-9-. The van der Waals surface area contributed by atoms with Gasteiger partial charge in [-0.25, -0.2) is 13.2 Å². The highest BCUT2D eigenvalue weighted by atomic mass is 32.2. The number of anilines is 1. The van der Waals surface area contributed by atoms with Crippen molar-refractivity contribution < 1.29 is 18.0 Å². The van der Waals surface area contributed by atoms with Crippen molar-refractivity contribution in [3.8, 4) is 0 Å². The lowest BCUT2D eigenvalue weighted by Gasteiger charge is -2.06. The van der Waals surface area contributed by atoms with Crippen molar-refractivity contribution in [2.45, 2.75) is 0 Å². The Morgan fingerprint density at radius 3 is 2.74 bits per heavy atom. The average Bonchev–Trinajstić information content (AvgIpc) is 3.01. The molecule has 4 rings (SSSR count). The van der Waals surface area contributed by atoms with Crippen LogP contribution in [0.4, 0.5) is 18.9 Å². The van der Waals surface area contributed by atoms with Gasteiger partial charge in [0.25, 0.3) is 5.91 Å². The van der Waals surface area contributed by atoms with Crippen molar-refractivity contribution in [3.05, 3.63) is 76.6 Å². The highest BCUT2D eigenvalue weighted by Crippen LogP contribution is 2.31. The van der Waals surface area contributed by atoms with Crippen molar-refractivity contribution >= 4 is 45.5 Å². The van der Waals surface area contributed by atoms with Crippen LogP contribution in [0.2, 0.25) is 0 Å². The summed E-state index contributed by atoms with van der Waals surface area (Å²) < 4.78 is 40.1. The lowest BCUT2D eigenvalue weighted by atomic mass is 10.1. The summed E-state index contributed by atoms with van der Waals surface area (Å²) in [7, 11) is 0. The summed E-state index contributed by atoms with van der Waals surface area (Å²) >= 11 is 0.985. The quantitative estimate of drug-likeness (QED) is 0.512. The maximum atomic E-state index is 13.8. The van der Waals surface area contributed by atoms with Gasteiger partial charge in [-0.15, -0.1) is 0 Å². The summed E-state index contributed by atoms with van der Waals surface area (Å²) in [6.07, 6.45) is 3.35. The minimum absolute atomic E-state index is 0.0821. The molecule has 0 unspecified atom stereocenters. The van der Waals surface area contributed by atoms with Crippen molar-refractivity contribution in [2.24, 2.45) is 4.99 Å². The van der Waals surface area contributed by atoms with E-state index < -0.39 is 23.4 Å². The van der Waals surface area contributed by atoms with E-state index in [-0.39, 0.29) is 10.9 Å². The molecule has 1 aromatic heterocycles. The maximum Gasteiger partial charge on any atom is 0.286 e. The molecule has 1 aliphatic heterocycles. The molecule has 0 bridgehead atoms. The van der Waals surface area contributed by atoms with Gasteiger partial charge < -0.3 is 5.32 Å². The number of thioether (sulfide) groups is 1. The Hall–Kier alpha value is -3.13. The van der Waals surface area contributed by atoms with Crippen LogP contribution in [0.3, 0.4) is 0 Å². The van der Waals surface area contributed by atoms with E-state index in [2.05, 4.69) is 15.3 Å². The Labute approximate surface area is 155 Å². The number of amides is 1. The number of rotatable bonds is 2. The SMILES string of the molecule is O=C1N=C(Nc2ccc(F)c(F)c2F)S/C1=C\c1ccc2ncccc2c1. The minimum Gasteiger partial charge on any atom is -0.332 e. The van der Waals surface area contributed by atoms with E-state index >= 15 is 0 Å². The summed E-state index contributed by atoms with van der Waals surface area (Å²) in [5.41, 5.74) is 1.31. The zero-order chi connectivity index (χ0) is 19.0. The van der Waals surface area contributed by atoms with Crippen LogP contribution in [0.1, 0.15) is 5.56 Å². The molecule has 0 saturated heterocycles. The third kappa shape index (κ3) is 3.43. The summed E-state index contributed by atoms with van der Waals surface area (Å²) in [5, 5.41) is 3.52. The minimum atomic E-state index is -1.59. The Bertz CT molecular complexity index is 1140. The summed E-state index contributed by atoms with van der Waals surface area (Å²) in [5.74, 6) is -4.75. The van der Waals surface area contributed by atoms with Gasteiger partial charge in [0.15, 0.2) is 22.6 Å². The van der Waals surface area contributed by atoms with Crippen molar-refractivity contribution in [3.63, 3.8) is 0 Å². The molecular formula is C19H10F3N3OS. The molecule has 0 fully saturated rings. The van der Waals surface area contributed by atoms with Crippen molar-refractivity contribution in [1.82, 2.24) is 4.98 Å². The van der Waals surface area contributed by atoms with Crippen molar-refractivity contribution in [2.75, 3.05) is 5.32 Å². The van der Waals surface area contributed by atoms with E-state index in [1.165, 1.54) is 0 Å². The second kappa shape index (κ2) is 6.88. The molecule has 0 aliphatic carbocycles. The molecule has 27 heavy (non-hydrogen) atoms. The van der Waals surface area contributed by atoms with Crippen LogP contribution in [0.5, 0.6) is 0 Å². The second-order valence-corrected chi connectivity index (χ2v) is 6.67. The Morgan fingerprint density at radius 1 is 1.04 bits per heavy atom. The Morgan fingerprint density at radius 2 is 1.89 bits per heavy atom. The van der Waals surface area contributed by atoms with Gasteiger partial charge in [-0.05, 0) is 53.7 Å². The third-order valence-electron chi connectivity index (χ3n) is 3.82. The van der Waals surface area contributed by atoms with Gasteiger partial charge in [-0.3, -0.25) is 9.78 Å². The number of amidine groups is 1. The molecule has 0 spiro atoms. The summed E-state index contributed by atoms with van der Waals surface area (Å²) in [6, 6.07) is 11.1. The number of halogens is 3. The number of hydrogen-bond acceptors (Lipinski definition) is 4. The van der Waals surface area contributed by atoms with E-state index in [1.807, 2.05) is 30.3 Å². The fourth-order valence-corrected chi connectivity index (χ4v) is 3.36. The molecular weight excluding hydrogens is 375 g/mol. The molecule has 4 nitrogen and oxygen atoms in total. The van der Waals surface area contributed by atoms with Crippen LogP contribution in [0, 0.1) is 17.5 Å². The lowest BCUT2D eigenvalue weighted by Crippen LogP contribution is -2.08. The number of benzene rings is 2. The van der Waals surface area contributed by atoms with E-state index in [0.29, 0.717) is 4.91 Å². The molecule has 0 radical (unpaired) electrons. The molecule has 1 N–H and O–H groups in total. The van der Waals surface area contributed by atoms with Crippen LogP contribution in [0.25, 0.3) is 17.0 Å². The largest absolute Gasteiger partial charge is 0.332 e. The van der Waals surface area contributed by atoms with Crippen LogP contribution < -0.4 is 5.32 Å². The topological polar surface area (TPSA) is 54.4 Å². The number of aromatic nitrogens is 1. The molecule has 8 heteroatoms. The number of nitrogens with one attached hydrogen (secondary N) is 1. The molecule has 1 amide bonds. The molecule has 0 atom stereocenters. The van der Waals surface area contributed by atoms with Gasteiger partial charge in [0.1, 0.15) is 0 Å². The van der Waals surface area contributed by atoms with Gasteiger partial charge >= 0.3 is 0 Å². The lowest BCUT2D eigenvalue weighted by molar-refractivity contribution is -0.113. The van der Waals surface area contributed by atoms with Gasteiger partial charge in [0.2, 0.25) is 0 Å². The van der Waals surface area contributed by atoms with Gasteiger partial charge in [-0.1, -0.05) is 12.1 Å². The number of hydrogen-bond donors (Lipinski definition) is 1. The predicted molar refractivity (Wildman–Crippen MR) is 99.7 cm³/mol. The van der Waals surface area contributed by atoms with E-state index in [1.54, 1.807) is 12.3 Å². The number of fused-ring (bicyclic) bond motifs is 1. The number of aliphatic imine (C=N–C) groups is 1. The molecule has 134 valence electrons. The van der Waals surface area contributed by atoms with E-state index in [4.69, 9.17) is 0 Å². The first-order valence-corrected chi connectivity index (χ1v) is 8.61. The first kappa shape index (κ1) is 17.3. The van der Waals surface area contributed by atoms with Crippen LogP contribution in [-0.2, 0) is 4.79 Å². The smallest absolute Gasteiger partial charge is 0.286 e. The molecule has 2 heterocycles. The molecule has 1 aliphatic rings. The zero-order valence-corrected chi connectivity index (χ0v) is 14.4. The molecule has 3 aromatic rings. The van der Waals surface area contributed by atoms with Gasteiger partial charge in [-0.2, -0.15) is 4.99 Å². The van der Waals surface area contributed by atoms with E-state index in [0.717, 1.165) is 40.4 Å². The first-order chi connectivity index (χ1) is 13.0. The average molecular weight is 385 g/mol. The fraction of sp³-hybridized carbons (Fsp3) is 0. The summed E-state index contributed by atoms with van der Waals surface area (Å²) in [4.78, 5) is 20.4. The molecule has 0 saturated carbocycles. The predicted octanol–water partition coefficient (Wildman–Crippen LogP) is 4.73. The van der Waals surface area contributed by atoms with E-state index in [9.17, 15) is 18.0 Å². The monoisotopic (exact) mass is 385 g/mol. The third-order valence-corrected chi connectivity index (χ3v) is 4.72. The van der Waals surface area contributed by atoms with Crippen LogP contribution in [-0.4, -0.2) is 16.1 Å². The van der Waals surface area contributed by atoms with Gasteiger partial charge in [0.05, 0.1) is 16.1 Å². The zero-order valence-electron chi connectivity index (χ0n) is 13.5. The summed E-state index contributed by atoms with van der Waals surface area (Å²) in [6.45, 7) is 0. The van der Waals surface area contributed by atoms with Crippen LogP contribution in [0.15, 0.2) is 58.6 Å². The highest BCUT2D eigenvalue weighted by molar-refractivity contribution is 8.18. The fourth-order valence-electron chi connectivity index (χ4n) is 2.54. The first-order valence-electron chi connectivity index (χ1n) is 7.79. The Balaban J connectivity index is 1.56. The number of carbonyl (C=O) groups excluding carboxylic acids is 1. The number of nitrogens with zero attached hydrogens (tertiary/aromatic N) is 2. The maximum absolute atomic E-state index is 13.8. The number of carbonyl (C=O) groups is 1. The normalized spacial score (nSPS) is 15.4. The Kier molecular flexibility index (Phi) is 4.41. The highest BCUT2D eigenvalue weighted by Gasteiger charge is 2.23. The second-order valence-electron chi connectivity index (χ2n) is 5.64. The van der Waals surface area contributed by atoms with Gasteiger partial charge in [0, 0.05) is 11.6 Å². The molecule has 2 aromatic carbocycles. The van der Waals surface area contributed by atoms with Crippen molar-refractivity contribution in [1.29, 1.82) is 0 Å².